The largest absolute Gasteiger partial charge is 0.477 e. The van der Waals surface area contributed by atoms with Gasteiger partial charge in [-0.3, -0.25) is 10.1 Å². The molecule has 0 amide bonds. The average molecular weight is 279 g/mol. The van der Waals surface area contributed by atoms with Crippen molar-refractivity contribution in [1.82, 2.24) is 4.98 Å². The zero-order chi connectivity index (χ0) is 14.3. The number of hydrogen-bond acceptors (Lipinski definition) is 6. The summed E-state index contributed by atoms with van der Waals surface area (Å²) in [5, 5.41) is 22.9. The van der Waals surface area contributed by atoms with Gasteiger partial charge in [0.1, 0.15) is 0 Å². The normalized spacial score (nSPS) is 27.5. The molecule has 2 aliphatic rings. The van der Waals surface area contributed by atoms with Crippen molar-refractivity contribution in [3.05, 3.63) is 27.9 Å². The van der Waals surface area contributed by atoms with Crippen molar-refractivity contribution in [3.8, 4) is 0 Å². The van der Waals surface area contributed by atoms with Crippen molar-refractivity contribution in [3.63, 3.8) is 0 Å². The predicted octanol–water partition coefficient (Wildman–Crippen LogP) is 1.42. The van der Waals surface area contributed by atoms with Crippen molar-refractivity contribution >= 4 is 17.5 Å². The third kappa shape index (κ3) is 2.18. The highest BCUT2D eigenvalue weighted by Crippen LogP contribution is 2.37. The SMILES string of the molecule is O=C(O)c1ccc([N+](=O)[O-])c(NC2CC3CCC2O3)n1. The van der Waals surface area contributed by atoms with Crippen molar-refractivity contribution in [2.24, 2.45) is 0 Å². The number of aromatic nitrogens is 1. The number of anilines is 1. The van der Waals surface area contributed by atoms with E-state index < -0.39 is 10.9 Å². The molecule has 3 unspecified atom stereocenters. The van der Waals surface area contributed by atoms with Gasteiger partial charge in [0.2, 0.25) is 5.82 Å². The Labute approximate surface area is 113 Å². The zero-order valence-electron chi connectivity index (χ0n) is 10.5. The summed E-state index contributed by atoms with van der Waals surface area (Å²) in [6.07, 6.45) is 2.90. The molecule has 0 aliphatic carbocycles. The van der Waals surface area contributed by atoms with Crippen LogP contribution in [0, 0.1) is 10.1 Å². The van der Waals surface area contributed by atoms with Crippen LogP contribution in [0.5, 0.6) is 0 Å². The molecule has 0 saturated carbocycles. The second-order valence-corrected chi connectivity index (χ2v) is 4.99. The number of hydrogen-bond donors (Lipinski definition) is 2. The summed E-state index contributed by atoms with van der Waals surface area (Å²) in [6, 6.07) is 2.24. The molecular weight excluding hydrogens is 266 g/mol. The summed E-state index contributed by atoms with van der Waals surface area (Å²) in [6.45, 7) is 0. The maximum atomic E-state index is 11.0. The first-order chi connectivity index (χ1) is 9.54. The standard InChI is InChI=1S/C12H13N3O5/c16-12(17)7-2-3-9(15(18)19)11(13-7)14-8-5-6-1-4-10(8)20-6/h2-3,6,8,10H,1,4-5H2,(H,13,14)(H,16,17). The second-order valence-electron chi connectivity index (χ2n) is 4.99. The summed E-state index contributed by atoms with van der Waals surface area (Å²) >= 11 is 0. The second kappa shape index (κ2) is 4.71. The Morgan fingerprint density at radius 2 is 2.30 bits per heavy atom. The summed E-state index contributed by atoms with van der Waals surface area (Å²) in [4.78, 5) is 25.2. The fraction of sp³-hybridized carbons (Fsp3) is 0.500. The Morgan fingerprint density at radius 1 is 1.50 bits per heavy atom. The first kappa shape index (κ1) is 12.8. The van der Waals surface area contributed by atoms with Gasteiger partial charge < -0.3 is 15.2 Å². The fourth-order valence-corrected chi connectivity index (χ4v) is 2.79. The summed E-state index contributed by atoms with van der Waals surface area (Å²) in [5.41, 5.74) is -0.444. The maximum absolute atomic E-state index is 11.0. The quantitative estimate of drug-likeness (QED) is 0.632. The minimum atomic E-state index is -1.22. The number of nitro groups is 1. The lowest BCUT2D eigenvalue weighted by molar-refractivity contribution is -0.384. The van der Waals surface area contributed by atoms with Crippen LogP contribution in [0.4, 0.5) is 11.5 Å². The van der Waals surface area contributed by atoms with Crippen LogP contribution in [0.25, 0.3) is 0 Å². The molecule has 8 nitrogen and oxygen atoms in total. The van der Waals surface area contributed by atoms with Gasteiger partial charge in [-0.2, -0.15) is 0 Å². The van der Waals surface area contributed by atoms with Gasteiger partial charge in [-0.1, -0.05) is 0 Å². The highest BCUT2D eigenvalue weighted by Gasteiger charge is 2.41. The molecule has 106 valence electrons. The Kier molecular flexibility index (Phi) is 3.01. The molecule has 0 aromatic carbocycles. The number of carboxylic acid groups (broad SMARTS) is 1. The van der Waals surface area contributed by atoms with E-state index in [1.807, 2.05) is 0 Å². The molecule has 20 heavy (non-hydrogen) atoms. The van der Waals surface area contributed by atoms with Gasteiger partial charge in [0.25, 0.3) is 0 Å². The Bertz CT molecular complexity index is 576. The van der Waals surface area contributed by atoms with Crippen molar-refractivity contribution in [2.75, 3.05) is 5.32 Å². The van der Waals surface area contributed by atoms with Crippen molar-refractivity contribution < 1.29 is 19.6 Å². The number of carboxylic acids is 1. The van der Waals surface area contributed by atoms with E-state index in [9.17, 15) is 14.9 Å². The third-order valence-corrected chi connectivity index (χ3v) is 3.72. The van der Waals surface area contributed by atoms with Gasteiger partial charge >= 0.3 is 11.7 Å². The average Bonchev–Trinajstić information content (AvgIpc) is 3.00. The maximum Gasteiger partial charge on any atom is 0.354 e. The molecule has 8 heteroatoms. The van der Waals surface area contributed by atoms with Crippen LogP contribution in [-0.2, 0) is 4.74 Å². The van der Waals surface area contributed by atoms with Gasteiger partial charge in [-0.15, -0.1) is 0 Å². The highest BCUT2D eigenvalue weighted by atomic mass is 16.6. The van der Waals surface area contributed by atoms with E-state index in [-0.39, 0.29) is 35.4 Å². The topological polar surface area (TPSA) is 115 Å². The number of ether oxygens (including phenoxy) is 1. The third-order valence-electron chi connectivity index (χ3n) is 3.72. The summed E-state index contributed by atoms with van der Waals surface area (Å²) < 4.78 is 5.66. The zero-order valence-corrected chi connectivity index (χ0v) is 10.5. The van der Waals surface area contributed by atoms with Crippen LogP contribution in [0.15, 0.2) is 12.1 Å². The lowest BCUT2D eigenvalue weighted by Gasteiger charge is -2.20. The fourth-order valence-electron chi connectivity index (χ4n) is 2.79. The van der Waals surface area contributed by atoms with E-state index in [1.165, 1.54) is 0 Å². The van der Waals surface area contributed by atoms with Gasteiger partial charge in [0, 0.05) is 6.07 Å². The number of aromatic carboxylic acids is 1. The minimum absolute atomic E-state index is 0.00366. The van der Waals surface area contributed by atoms with E-state index in [4.69, 9.17) is 9.84 Å². The number of nitrogens with zero attached hydrogens (tertiary/aromatic N) is 2. The van der Waals surface area contributed by atoms with Crippen LogP contribution in [-0.4, -0.2) is 39.2 Å². The molecule has 0 spiro atoms. The molecule has 2 saturated heterocycles. The lowest BCUT2D eigenvalue weighted by atomic mass is 9.95. The molecule has 2 fully saturated rings. The van der Waals surface area contributed by atoms with E-state index in [0.717, 1.165) is 31.4 Å². The number of fused-ring (bicyclic) bond motifs is 2. The van der Waals surface area contributed by atoms with E-state index in [1.54, 1.807) is 0 Å². The molecule has 3 rings (SSSR count). The smallest absolute Gasteiger partial charge is 0.354 e. The lowest BCUT2D eigenvalue weighted by Crippen LogP contribution is -2.31. The Morgan fingerprint density at radius 3 is 2.85 bits per heavy atom. The summed E-state index contributed by atoms with van der Waals surface area (Å²) in [7, 11) is 0. The number of rotatable bonds is 4. The Balaban J connectivity index is 1.88. The van der Waals surface area contributed by atoms with E-state index in [2.05, 4.69) is 10.3 Å². The highest BCUT2D eigenvalue weighted by molar-refractivity contribution is 5.86. The molecule has 2 N–H and O–H groups in total. The molecule has 0 radical (unpaired) electrons. The first-order valence-corrected chi connectivity index (χ1v) is 6.35. The van der Waals surface area contributed by atoms with Crippen molar-refractivity contribution in [1.29, 1.82) is 0 Å². The van der Waals surface area contributed by atoms with Crippen LogP contribution in [0.2, 0.25) is 0 Å². The van der Waals surface area contributed by atoms with Gasteiger partial charge in [0.05, 0.1) is 23.2 Å². The monoisotopic (exact) mass is 279 g/mol. The Hall–Kier alpha value is -2.22. The van der Waals surface area contributed by atoms with Crippen LogP contribution >= 0.6 is 0 Å². The van der Waals surface area contributed by atoms with E-state index in [0.29, 0.717) is 0 Å². The van der Waals surface area contributed by atoms with Gasteiger partial charge in [-0.05, 0) is 25.3 Å². The predicted molar refractivity (Wildman–Crippen MR) is 67.8 cm³/mol. The van der Waals surface area contributed by atoms with Crippen LogP contribution in [0.3, 0.4) is 0 Å². The molecule has 1 aromatic heterocycles. The van der Waals surface area contributed by atoms with E-state index >= 15 is 0 Å². The van der Waals surface area contributed by atoms with Crippen LogP contribution in [0.1, 0.15) is 29.8 Å². The molecule has 3 heterocycles. The summed E-state index contributed by atoms with van der Waals surface area (Å²) in [5.74, 6) is -1.22. The van der Waals surface area contributed by atoms with Gasteiger partial charge in [-0.25, -0.2) is 9.78 Å². The molecule has 3 atom stereocenters. The van der Waals surface area contributed by atoms with Gasteiger partial charge in [0.15, 0.2) is 5.69 Å². The number of pyridine rings is 1. The van der Waals surface area contributed by atoms with Crippen LogP contribution < -0.4 is 5.32 Å². The molecule has 2 aliphatic heterocycles. The number of carbonyl (C=O) groups is 1. The first-order valence-electron chi connectivity index (χ1n) is 6.35. The van der Waals surface area contributed by atoms with Crippen molar-refractivity contribution in [2.45, 2.75) is 37.5 Å². The number of nitrogens with one attached hydrogen (secondary N) is 1. The molecule has 2 bridgehead atoms. The minimum Gasteiger partial charge on any atom is -0.477 e. The molecular formula is C12H13N3O5. The molecule has 1 aromatic rings.